The Morgan fingerprint density at radius 2 is 1.83 bits per heavy atom. The van der Waals surface area contributed by atoms with Gasteiger partial charge in [0.25, 0.3) is 0 Å². The summed E-state index contributed by atoms with van der Waals surface area (Å²) in [7, 11) is 1.38. The van der Waals surface area contributed by atoms with Crippen molar-refractivity contribution in [3.8, 4) is 0 Å². The smallest absolute Gasteiger partial charge is 0.322 e. The first-order valence-corrected chi connectivity index (χ1v) is 11.9. The van der Waals surface area contributed by atoms with Gasteiger partial charge in [0.05, 0.1) is 37.8 Å². The van der Waals surface area contributed by atoms with E-state index in [4.69, 9.17) is 14.3 Å². The van der Waals surface area contributed by atoms with Crippen molar-refractivity contribution in [1.82, 2.24) is 5.06 Å². The molecule has 0 aromatic heterocycles. The van der Waals surface area contributed by atoms with Crippen LogP contribution in [0.15, 0.2) is 35.9 Å². The minimum Gasteiger partial charge on any atom is -0.469 e. The number of nitrogens with zero attached hydrogens (tertiary/aromatic N) is 2. The van der Waals surface area contributed by atoms with Gasteiger partial charge in [-0.25, -0.2) is 0 Å². The van der Waals surface area contributed by atoms with Crippen LogP contribution in [0.4, 0.5) is 5.69 Å². The van der Waals surface area contributed by atoms with E-state index in [0.29, 0.717) is 6.42 Å². The lowest BCUT2D eigenvalue weighted by Crippen LogP contribution is -2.81. The van der Waals surface area contributed by atoms with Gasteiger partial charge in [-0.05, 0) is 36.5 Å². The number of hydrogen-bond acceptors (Lipinski definition) is 8. The predicted molar refractivity (Wildman–Crippen MR) is 124 cm³/mol. The number of ether oxygens (including phenoxy) is 2. The Morgan fingerprint density at radius 1 is 1.11 bits per heavy atom. The molecule has 9 heteroatoms. The number of anilines is 1. The normalized spacial score (nSPS) is 35.5. The molecule has 7 atom stereocenters. The summed E-state index contributed by atoms with van der Waals surface area (Å²) in [4.78, 5) is 58.5. The molecule has 3 heterocycles. The number of amides is 1. The molecule has 3 aliphatic heterocycles. The number of allylic oxidation sites excluding steroid dienone is 1. The molecule has 1 aromatic rings. The van der Waals surface area contributed by atoms with Gasteiger partial charge in [-0.3, -0.25) is 19.2 Å². The molecule has 4 fully saturated rings. The van der Waals surface area contributed by atoms with Gasteiger partial charge in [0, 0.05) is 37.8 Å². The maximum atomic E-state index is 13.6. The second kappa shape index (κ2) is 8.19. The molecule has 0 radical (unpaired) electrons. The van der Waals surface area contributed by atoms with E-state index in [2.05, 4.69) is 0 Å². The molecule has 1 amide bonds. The molecule has 6 rings (SSSR count). The Balaban J connectivity index is 1.84. The standard InChI is InChI=1S/C26H30N2O7/c1-6-16-17-11-21-24-26(22(17)25(32)33-5,18-9-7-8-10-20(18)27(24)13(2)29)19(12-34-14(3)30)23(16)28(21)35-15(4)31/h6-10,17,19,21-24H,11-12H2,1-5H3/b16-6+/t17-,19+,21+,22+,23+,24?,26+/m1/s1. The van der Waals surface area contributed by atoms with Gasteiger partial charge in [-0.15, -0.1) is 5.06 Å². The quantitative estimate of drug-likeness (QED) is 0.475. The van der Waals surface area contributed by atoms with Crippen molar-refractivity contribution < 1.29 is 33.5 Å². The van der Waals surface area contributed by atoms with E-state index in [0.717, 1.165) is 16.8 Å². The summed E-state index contributed by atoms with van der Waals surface area (Å²) in [6, 6.07) is 6.34. The first kappa shape index (κ1) is 23.5. The molecular weight excluding hydrogens is 452 g/mol. The first-order chi connectivity index (χ1) is 16.7. The average Bonchev–Trinajstić information content (AvgIpc) is 3.12. The van der Waals surface area contributed by atoms with Gasteiger partial charge in [-0.2, -0.15) is 0 Å². The van der Waals surface area contributed by atoms with E-state index in [1.165, 1.54) is 27.9 Å². The van der Waals surface area contributed by atoms with Crippen LogP contribution in [0.25, 0.3) is 0 Å². The summed E-state index contributed by atoms with van der Waals surface area (Å²) in [5, 5.41) is 1.70. The second-order valence-electron chi connectivity index (χ2n) is 9.78. The van der Waals surface area contributed by atoms with Crippen LogP contribution in [0.1, 0.15) is 39.7 Å². The van der Waals surface area contributed by atoms with Gasteiger partial charge >= 0.3 is 17.9 Å². The van der Waals surface area contributed by atoms with Gasteiger partial charge < -0.3 is 19.2 Å². The summed E-state index contributed by atoms with van der Waals surface area (Å²) in [6.45, 7) is 6.09. The average molecular weight is 483 g/mol. The topological polar surface area (TPSA) is 102 Å². The van der Waals surface area contributed by atoms with E-state index in [-0.39, 0.29) is 30.4 Å². The van der Waals surface area contributed by atoms with Crippen molar-refractivity contribution in [2.75, 3.05) is 18.6 Å². The number of carbonyl (C=O) groups excluding carboxylic acids is 4. The maximum absolute atomic E-state index is 13.6. The highest BCUT2D eigenvalue weighted by atomic mass is 16.7. The highest BCUT2D eigenvalue weighted by Crippen LogP contribution is 2.69. The van der Waals surface area contributed by atoms with Crippen LogP contribution in [0.2, 0.25) is 0 Å². The number of methoxy groups -OCH3 is 1. The summed E-state index contributed by atoms with van der Waals surface area (Å²) >= 11 is 0. The number of fused-ring (bicyclic) bond motifs is 1. The molecule has 4 bridgehead atoms. The van der Waals surface area contributed by atoms with Crippen molar-refractivity contribution in [1.29, 1.82) is 0 Å². The molecule has 1 unspecified atom stereocenters. The maximum Gasteiger partial charge on any atom is 0.322 e. The monoisotopic (exact) mass is 482 g/mol. The number of hydroxylamine groups is 2. The van der Waals surface area contributed by atoms with Crippen LogP contribution in [0.3, 0.4) is 0 Å². The number of piperidine rings is 2. The van der Waals surface area contributed by atoms with Crippen molar-refractivity contribution in [2.24, 2.45) is 17.8 Å². The lowest BCUT2D eigenvalue weighted by atomic mass is 9.42. The van der Waals surface area contributed by atoms with E-state index in [1.807, 2.05) is 37.3 Å². The van der Waals surface area contributed by atoms with Crippen LogP contribution < -0.4 is 4.90 Å². The van der Waals surface area contributed by atoms with E-state index in [9.17, 15) is 19.2 Å². The number of carbonyl (C=O) groups is 4. The zero-order valence-corrected chi connectivity index (χ0v) is 20.5. The Kier molecular flexibility index (Phi) is 5.51. The van der Waals surface area contributed by atoms with Gasteiger partial charge in [-0.1, -0.05) is 24.3 Å². The van der Waals surface area contributed by atoms with Crippen LogP contribution in [-0.2, 0) is 38.9 Å². The summed E-state index contributed by atoms with van der Waals surface area (Å²) < 4.78 is 11.0. The lowest BCUT2D eigenvalue weighted by Gasteiger charge is -2.69. The summed E-state index contributed by atoms with van der Waals surface area (Å²) in [5.41, 5.74) is 1.67. The van der Waals surface area contributed by atoms with Gasteiger partial charge in [0.1, 0.15) is 0 Å². The van der Waals surface area contributed by atoms with Crippen LogP contribution in [0.5, 0.6) is 0 Å². The number of esters is 2. The minimum absolute atomic E-state index is 0.00137. The highest BCUT2D eigenvalue weighted by molar-refractivity contribution is 5.97. The largest absolute Gasteiger partial charge is 0.469 e. The molecule has 2 aliphatic carbocycles. The van der Waals surface area contributed by atoms with E-state index < -0.39 is 41.3 Å². The Labute approximate surface area is 203 Å². The van der Waals surface area contributed by atoms with E-state index in [1.54, 1.807) is 9.96 Å². The number of rotatable bonds is 4. The second-order valence-corrected chi connectivity index (χ2v) is 9.78. The number of para-hydroxylation sites is 1. The fourth-order valence-electron chi connectivity index (χ4n) is 7.68. The van der Waals surface area contributed by atoms with Crippen molar-refractivity contribution >= 4 is 29.5 Å². The molecule has 2 saturated carbocycles. The Bertz CT molecular complexity index is 1150. The third-order valence-electron chi connectivity index (χ3n) is 8.37. The fourth-order valence-corrected chi connectivity index (χ4v) is 7.68. The number of benzene rings is 1. The molecule has 9 nitrogen and oxygen atoms in total. The van der Waals surface area contributed by atoms with Crippen LogP contribution in [-0.4, -0.2) is 60.7 Å². The summed E-state index contributed by atoms with van der Waals surface area (Å²) in [6.07, 6.45) is 2.49. The number of hydrogen-bond donors (Lipinski definition) is 0. The lowest BCUT2D eigenvalue weighted by molar-refractivity contribution is -0.274. The van der Waals surface area contributed by atoms with Gasteiger partial charge in [0.2, 0.25) is 5.91 Å². The molecule has 5 aliphatic rings. The fraction of sp³-hybridized carbons (Fsp3) is 0.538. The Morgan fingerprint density at radius 3 is 2.43 bits per heavy atom. The first-order valence-electron chi connectivity index (χ1n) is 11.9. The molecule has 1 spiro atoms. The molecular formula is C26H30N2O7. The molecule has 1 aromatic carbocycles. The molecule has 2 saturated heterocycles. The predicted octanol–water partition coefficient (Wildman–Crippen LogP) is 2.14. The van der Waals surface area contributed by atoms with Crippen molar-refractivity contribution in [2.45, 2.75) is 57.7 Å². The zero-order valence-electron chi connectivity index (χ0n) is 20.5. The zero-order chi connectivity index (χ0) is 25.2. The third kappa shape index (κ3) is 2.97. The SMILES string of the molecule is C/C=C1\[C@H]2C[C@H]3C4N(C(C)=O)c5ccccc5[C@@]4([C@@H]2C(=O)OC)[C@@H](COC(C)=O)[C@H]1N3OC(C)=O. The van der Waals surface area contributed by atoms with Crippen LogP contribution >= 0.6 is 0 Å². The van der Waals surface area contributed by atoms with Gasteiger partial charge in [0.15, 0.2) is 0 Å². The Hall–Kier alpha value is -3.20. The van der Waals surface area contributed by atoms with Crippen molar-refractivity contribution in [3.05, 3.63) is 41.5 Å². The van der Waals surface area contributed by atoms with Crippen molar-refractivity contribution in [3.63, 3.8) is 0 Å². The third-order valence-corrected chi connectivity index (χ3v) is 8.37. The highest BCUT2D eigenvalue weighted by Gasteiger charge is 2.78. The van der Waals surface area contributed by atoms with Crippen LogP contribution in [0, 0.1) is 17.8 Å². The summed E-state index contributed by atoms with van der Waals surface area (Å²) in [5.74, 6) is -2.68. The minimum atomic E-state index is -0.883. The molecule has 0 N–H and O–H groups in total. The molecule has 35 heavy (non-hydrogen) atoms. The molecule has 186 valence electrons. The van der Waals surface area contributed by atoms with E-state index >= 15 is 0 Å².